The smallest absolute Gasteiger partial charge is 0.340 e. The first-order valence-corrected chi connectivity index (χ1v) is 8.60. The zero-order valence-electron chi connectivity index (χ0n) is 14.1. The van der Waals surface area contributed by atoms with Crippen LogP contribution < -0.4 is 0 Å². The van der Waals surface area contributed by atoms with Crippen molar-refractivity contribution >= 4 is 17.3 Å². The van der Waals surface area contributed by atoms with Crippen LogP contribution in [0.3, 0.4) is 0 Å². The Labute approximate surface area is 144 Å². The number of thiazole rings is 1. The number of esters is 1. The number of rotatable bonds is 4. The molecule has 1 N–H and O–H groups in total. The molecule has 3 heterocycles. The van der Waals surface area contributed by atoms with E-state index < -0.39 is 0 Å². The maximum absolute atomic E-state index is 12.2. The predicted octanol–water partition coefficient (Wildman–Crippen LogP) is 4.30. The van der Waals surface area contributed by atoms with Crippen LogP contribution in [0.5, 0.6) is 0 Å². The number of H-pyrrole nitrogens is 1. The lowest BCUT2D eigenvalue weighted by atomic mass is 10.1. The maximum atomic E-state index is 12.2. The fourth-order valence-electron chi connectivity index (χ4n) is 2.72. The zero-order chi connectivity index (χ0) is 17.3. The number of nitrogens with one attached hydrogen (secondary N) is 1. The Morgan fingerprint density at radius 3 is 2.75 bits per heavy atom. The Morgan fingerprint density at radius 2 is 2.08 bits per heavy atom. The van der Waals surface area contributed by atoms with Crippen molar-refractivity contribution < 1.29 is 9.53 Å². The minimum Gasteiger partial charge on any atom is -0.462 e. The van der Waals surface area contributed by atoms with Crippen molar-refractivity contribution in [2.45, 2.75) is 27.7 Å². The molecule has 6 heteroatoms. The first kappa shape index (κ1) is 16.4. The molecular weight excluding hydrogens is 322 g/mol. The van der Waals surface area contributed by atoms with Gasteiger partial charge in [-0.15, -0.1) is 11.3 Å². The van der Waals surface area contributed by atoms with Gasteiger partial charge in [0.05, 0.1) is 23.6 Å². The summed E-state index contributed by atoms with van der Waals surface area (Å²) in [5.74, 6) is -0.298. The number of aromatic amines is 1. The van der Waals surface area contributed by atoms with Crippen LogP contribution in [0.25, 0.3) is 22.1 Å². The molecule has 0 aromatic carbocycles. The van der Waals surface area contributed by atoms with Gasteiger partial charge in [0.15, 0.2) is 0 Å². The van der Waals surface area contributed by atoms with Crippen LogP contribution in [0, 0.1) is 20.8 Å². The third kappa shape index (κ3) is 2.85. The molecule has 3 rings (SSSR count). The summed E-state index contributed by atoms with van der Waals surface area (Å²) in [4.78, 5) is 25.7. The Hall–Kier alpha value is -2.47. The molecule has 0 bridgehead atoms. The number of pyridine rings is 1. The summed E-state index contributed by atoms with van der Waals surface area (Å²) < 4.78 is 5.16. The van der Waals surface area contributed by atoms with E-state index in [0.29, 0.717) is 12.2 Å². The topological polar surface area (TPSA) is 67.9 Å². The summed E-state index contributed by atoms with van der Waals surface area (Å²) in [7, 11) is 0. The van der Waals surface area contributed by atoms with Crippen LogP contribution >= 0.6 is 11.3 Å². The largest absolute Gasteiger partial charge is 0.462 e. The summed E-state index contributed by atoms with van der Waals surface area (Å²) in [6.45, 7) is 7.99. The van der Waals surface area contributed by atoms with E-state index >= 15 is 0 Å². The monoisotopic (exact) mass is 341 g/mol. The highest BCUT2D eigenvalue weighted by molar-refractivity contribution is 7.15. The Bertz CT molecular complexity index is 881. The van der Waals surface area contributed by atoms with Crippen LogP contribution in [0.4, 0.5) is 0 Å². The molecule has 3 aromatic rings. The van der Waals surface area contributed by atoms with E-state index in [2.05, 4.69) is 9.97 Å². The van der Waals surface area contributed by atoms with E-state index in [4.69, 9.17) is 9.72 Å². The molecule has 0 atom stereocenters. The number of aryl methyl sites for hydroxylation is 2. The summed E-state index contributed by atoms with van der Waals surface area (Å²) in [5, 5.41) is 0.868. The predicted molar refractivity (Wildman–Crippen MR) is 95.3 cm³/mol. The van der Waals surface area contributed by atoms with E-state index in [1.54, 1.807) is 24.5 Å². The molecule has 0 saturated heterocycles. The lowest BCUT2D eigenvalue weighted by molar-refractivity contribution is 0.0525. The lowest BCUT2D eigenvalue weighted by Crippen LogP contribution is -2.06. The summed E-state index contributed by atoms with van der Waals surface area (Å²) in [6, 6.07) is 5.77. The molecule has 24 heavy (non-hydrogen) atoms. The Morgan fingerprint density at radius 1 is 1.29 bits per heavy atom. The van der Waals surface area contributed by atoms with E-state index in [1.165, 1.54) is 0 Å². The minimum atomic E-state index is -0.298. The molecule has 0 fully saturated rings. The molecule has 0 amide bonds. The first-order valence-electron chi connectivity index (χ1n) is 7.78. The number of carbonyl (C=O) groups excluding carboxylic acids is 1. The van der Waals surface area contributed by atoms with Gasteiger partial charge in [-0.05, 0) is 45.4 Å². The van der Waals surface area contributed by atoms with E-state index in [9.17, 15) is 4.79 Å². The van der Waals surface area contributed by atoms with Crippen LogP contribution in [0.1, 0.15) is 33.4 Å². The number of ether oxygens (including phenoxy) is 1. The van der Waals surface area contributed by atoms with Gasteiger partial charge in [0, 0.05) is 16.8 Å². The van der Waals surface area contributed by atoms with Crippen LogP contribution in [0.15, 0.2) is 24.4 Å². The van der Waals surface area contributed by atoms with Crippen molar-refractivity contribution in [3.05, 3.63) is 46.1 Å². The summed E-state index contributed by atoms with van der Waals surface area (Å²) in [5.41, 5.74) is 4.84. The van der Waals surface area contributed by atoms with E-state index in [-0.39, 0.29) is 5.97 Å². The van der Waals surface area contributed by atoms with Crippen LogP contribution in [0.2, 0.25) is 0 Å². The second-order valence-corrected chi connectivity index (χ2v) is 6.69. The standard InChI is InChI=1S/C18H19N3O2S/c1-5-23-18(22)14-10(2)15(20-11(14)3)16-12(4)24-17(21-16)13-8-6-7-9-19-13/h6-9,20H,5H2,1-4H3. The van der Waals surface area contributed by atoms with Crippen molar-refractivity contribution in [1.82, 2.24) is 15.0 Å². The summed E-state index contributed by atoms with van der Waals surface area (Å²) in [6.07, 6.45) is 1.76. The molecule has 0 aliphatic rings. The molecule has 0 saturated carbocycles. The van der Waals surface area contributed by atoms with Gasteiger partial charge in [0.2, 0.25) is 0 Å². The minimum absolute atomic E-state index is 0.298. The number of hydrogen-bond acceptors (Lipinski definition) is 5. The number of hydrogen-bond donors (Lipinski definition) is 1. The third-order valence-electron chi connectivity index (χ3n) is 3.83. The third-order valence-corrected chi connectivity index (χ3v) is 4.83. The quantitative estimate of drug-likeness (QED) is 0.718. The number of carbonyl (C=O) groups is 1. The van der Waals surface area contributed by atoms with Crippen LogP contribution in [-0.2, 0) is 4.74 Å². The molecular formula is C18H19N3O2S. The van der Waals surface area contributed by atoms with Crippen LogP contribution in [-0.4, -0.2) is 27.5 Å². The van der Waals surface area contributed by atoms with Gasteiger partial charge < -0.3 is 9.72 Å². The zero-order valence-corrected chi connectivity index (χ0v) is 15.0. The average molecular weight is 341 g/mol. The molecule has 3 aromatic heterocycles. The molecule has 124 valence electrons. The molecule has 0 spiro atoms. The second kappa shape index (κ2) is 6.57. The highest BCUT2D eigenvalue weighted by Gasteiger charge is 2.23. The fraction of sp³-hybridized carbons (Fsp3) is 0.278. The number of nitrogens with zero attached hydrogens (tertiary/aromatic N) is 2. The number of aromatic nitrogens is 3. The van der Waals surface area contributed by atoms with Gasteiger partial charge in [0.25, 0.3) is 0 Å². The van der Waals surface area contributed by atoms with Crippen molar-refractivity contribution in [2.24, 2.45) is 0 Å². The Kier molecular flexibility index (Phi) is 4.49. The summed E-state index contributed by atoms with van der Waals surface area (Å²) >= 11 is 1.59. The van der Waals surface area contributed by atoms with Crippen molar-refractivity contribution in [3.8, 4) is 22.1 Å². The van der Waals surface area contributed by atoms with Crippen molar-refractivity contribution in [1.29, 1.82) is 0 Å². The van der Waals surface area contributed by atoms with Gasteiger partial charge in [-0.1, -0.05) is 6.07 Å². The van der Waals surface area contributed by atoms with Gasteiger partial charge in [-0.3, -0.25) is 4.98 Å². The maximum Gasteiger partial charge on any atom is 0.340 e. The Balaban J connectivity index is 2.06. The van der Waals surface area contributed by atoms with Gasteiger partial charge in [0.1, 0.15) is 10.7 Å². The molecule has 0 radical (unpaired) electrons. The molecule has 5 nitrogen and oxygen atoms in total. The SMILES string of the molecule is CCOC(=O)c1c(C)[nH]c(-c2nc(-c3ccccn3)sc2C)c1C. The van der Waals surface area contributed by atoms with E-state index in [0.717, 1.165) is 38.2 Å². The lowest BCUT2D eigenvalue weighted by Gasteiger charge is -2.02. The normalized spacial score (nSPS) is 10.8. The second-order valence-electron chi connectivity index (χ2n) is 5.48. The molecule has 0 aliphatic carbocycles. The molecule has 0 unspecified atom stereocenters. The average Bonchev–Trinajstić information content (AvgIpc) is 3.08. The molecule has 0 aliphatic heterocycles. The van der Waals surface area contributed by atoms with E-state index in [1.807, 2.05) is 39.0 Å². The highest BCUT2D eigenvalue weighted by Crippen LogP contribution is 2.35. The van der Waals surface area contributed by atoms with Gasteiger partial charge >= 0.3 is 5.97 Å². The fourth-order valence-corrected chi connectivity index (χ4v) is 3.62. The first-order chi connectivity index (χ1) is 11.5. The highest BCUT2D eigenvalue weighted by atomic mass is 32.1. The van der Waals surface area contributed by atoms with Crippen molar-refractivity contribution in [2.75, 3.05) is 6.61 Å². The van der Waals surface area contributed by atoms with Gasteiger partial charge in [-0.2, -0.15) is 0 Å². The van der Waals surface area contributed by atoms with Gasteiger partial charge in [-0.25, -0.2) is 9.78 Å². The van der Waals surface area contributed by atoms with Crippen molar-refractivity contribution in [3.63, 3.8) is 0 Å².